The molecule has 0 saturated carbocycles. The standard InChI is InChI=1S/C13H18ClN3O2/c1-9(14)13(18)17-7-4-11(5-8-17)19-12-3-6-15-10(2)16-12/h3,6,9,11H,4-5,7-8H2,1-2H3. The highest BCUT2D eigenvalue weighted by molar-refractivity contribution is 6.30. The van der Waals surface area contributed by atoms with Crippen molar-refractivity contribution in [1.82, 2.24) is 14.9 Å². The fourth-order valence-electron chi connectivity index (χ4n) is 2.12. The summed E-state index contributed by atoms with van der Waals surface area (Å²) in [6, 6.07) is 1.76. The van der Waals surface area contributed by atoms with Gasteiger partial charge in [-0.15, -0.1) is 11.6 Å². The number of ether oxygens (including phenoxy) is 1. The summed E-state index contributed by atoms with van der Waals surface area (Å²) < 4.78 is 5.80. The Bertz CT molecular complexity index is 445. The van der Waals surface area contributed by atoms with E-state index in [2.05, 4.69) is 9.97 Å². The average molecular weight is 284 g/mol. The minimum absolute atomic E-state index is 0.00185. The van der Waals surface area contributed by atoms with E-state index < -0.39 is 5.38 Å². The van der Waals surface area contributed by atoms with Gasteiger partial charge < -0.3 is 9.64 Å². The number of hydrogen-bond acceptors (Lipinski definition) is 4. The molecule has 1 aromatic rings. The molecule has 1 saturated heterocycles. The fraction of sp³-hybridized carbons (Fsp3) is 0.615. The van der Waals surface area contributed by atoms with Crippen molar-refractivity contribution in [2.75, 3.05) is 13.1 Å². The summed E-state index contributed by atoms with van der Waals surface area (Å²) in [5.74, 6) is 1.29. The Morgan fingerprint density at radius 3 is 2.79 bits per heavy atom. The Hall–Kier alpha value is -1.36. The molecule has 0 aliphatic carbocycles. The van der Waals surface area contributed by atoms with E-state index in [0.29, 0.717) is 24.8 Å². The van der Waals surface area contributed by atoms with Crippen LogP contribution in [0.2, 0.25) is 0 Å². The van der Waals surface area contributed by atoms with Crippen molar-refractivity contribution >= 4 is 17.5 Å². The summed E-state index contributed by atoms with van der Waals surface area (Å²) in [4.78, 5) is 21.8. The van der Waals surface area contributed by atoms with Crippen molar-refractivity contribution in [3.8, 4) is 5.88 Å². The minimum Gasteiger partial charge on any atom is -0.474 e. The summed E-state index contributed by atoms with van der Waals surface area (Å²) in [6.07, 6.45) is 3.39. The number of hydrogen-bond donors (Lipinski definition) is 0. The van der Waals surface area contributed by atoms with Gasteiger partial charge in [0.05, 0.1) is 0 Å². The van der Waals surface area contributed by atoms with Crippen LogP contribution in [0.3, 0.4) is 0 Å². The maximum atomic E-state index is 11.7. The summed E-state index contributed by atoms with van der Waals surface area (Å²) in [5, 5.41) is -0.456. The van der Waals surface area contributed by atoms with Gasteiger partial charge in [0.25, 0.3) is 0 Å². The third-order valence-electron chi connectivity index (χ3n) is 3.13. The van der Waals surface area contributed by atoms with Crippen molar-refractivity contribution in [2.45, 2.75) is 38.2 Å². The third-order valence-corrected chi connectivity index (χ3v) is 3.32. The molecule has 1 unspecified atom stereocenters. The van der Waals surface area contributed by atoms with Gasteiger partial charge in [-0.05, 0) is 13.8 Å². The van der Waals surface area contributed by atoms with Gasteiger partial charge in [-0.3, -0.25) is 4.79 Å². The number of aromatic nitrogens is 2. The van der Waals surface area contributed by atoms with Gasteiger partial charge >= 0.3 is 0 Å². The first kappa shape index (κ1) is 14.1. The molecule has 6 heteroatoms. The maximum Gasteiger partial charge on any atom is 0.240 e. The largest absolute Gasteiger partial charge is 0.474 e. The monoisotopic (exact) mass is 283 g/mol. The zero-order valence-corrected chi connectivity index (χ0v) is 11.9. The minimum atomic E-state index is -0.456. The first-order valence-electron chi connectivity index (χ1n) is 6.45. The summed E-state index contributed by atoms with van der Waals surface area (Å²) in [5.41, 5.74) is 0. The normalized spacial score (nSPS) is 18.2. The van der Waals surface area contributed by atoms with Gasteiger partial charge in [0, 0.05) is 38.2 Å². The molecule has 1 aliphatic rings. The second kappa shape index (κ2) is 6.19. The average Bonchev–Trinajstić information content (AvgIpc) is 2.39. The Labute approximate surface area is 117 Å². The second-order valence-electron chi connectivity index (χ2n) is 4.70. The number of rotatable bonds is 3. The van der Waals surface area contributed by atoms with Crippen LogP contribution in [0.4, 0.5) is 0 Å². The van der Waals surface area contributed by atoms with Gasteiger partial charge in [0.2, 0.25) is 11.8 Å². The number of carbonyl (C=O) groups excluding carboxylic acids is 1. The molecule has 0 bridgehead atoms. The van der Waals surface area contributed by atoms with Crippen molar-refractivity contribution in [3.63, 3.8) is 0 Å². The SMILES string of the molecule is Cc1nccc(OC2CCN(C(=O)C(C)Cl)CC2)n1. The van der Waals surface area contributed by atoms with Gasteiger partial charge in [-0.25, -0.2) is 4.98 Å². The molecule has 1 amide bonds. The summed E-state index contributed by atoms with van der Waals surface area (Å²) in [7, 11) is 0. The Morgan fingerprint density at radius 1 is 1.53 bits per heavy atom. The summed E-state index contributed by atoms with van der Waals surface area (Å²) >= 11 is 5.81. The maximum absolute atomic E-state index is 11.7. The number of halogens is 1. The lowest BCUT2D eigenvalue weighted by Gasteiger charge is -2.32. The molecule has 19 heavy (non-hydrogen) atoms. The molecular formula is C13H18ClN3O2. The van der Waals surface area contributed by atoms with E-state index >= 15 is 0 Å². The van der Waals surface area contributed by atoms with Crippen LogP contribution in [0.25, 0.3) is 0 Å². The molecule has 5 nitrogen and oxygen atoms in total. The Balaban J connectivity index is 1.85. The van der Waals surface area contributed by atoms with Crippen LogP contribution >= 0.6 is 11.6 Å². The number of amides is 1. The molecule has 2 heterocycles. The van der Waals surface area contributed by atoms with E-state index in [0.717, 1.165) is 12.8 Å². The van der Waals surface area contributed by atoms with Crippen LogP contribution in [0.15, 0.2) is 12.3 Å². The molecule has 0 spiro atoms. The molecule has 1 fully saturated rings. The summed E-state index contributed by atoms with van der Waals surface area (Å²) in [6.45, 7) is 4.90. The molecule has 0 aromatic carbocycles. The van der Waals surface area contributed by atoms with E-state index in [9.17, 15) is 4.79 Å². The van der Waals surface area contributed by atoms with E-state index in [1.807, 2.05) is 6.92 Å². The van der Waals surface area contributed by atoms with Gasteiger partial charge in [0.1, 0.15) is 17.3 Å². The highest BCUT2D eigenvalue weighted by atomic mass is 35.5. The van der Waals surface area contributed by atoms with Crippen molar-refractivity contribution in [1.29, 1.82) is 0 Å². The van der Waals surface area contributed by atoms with E-state index in [1.54, 1.807) is 24.1 Å². The first-order valence-corrected chi connectivity index (χ1v) is 6.89. The zero-order chi connectivity index (χ0) is 13.8. The number of piperidine rings is 1. The molecule has 1 aromatic heterocycles. The zero-order valence-electron chi connectivity index (χ0n) is 11.2. The van der Waals surface area contributed by atoms with Crippen molar-refractivity contribution in [3.05, 3.63) is 18.1 Å². The van der Waals surface area contributed by atoms with E-state index in [-0.39, 0.29) is 12.0 Å². The fourth-order valence-corrected chi connectivity index (χ4v) is 2.25. The van der Waals surface area contributed by atoms with Crippen molar-refractivity contribution < 1.29 is 9.53 Å². The molecular weight excluding hydrogens is 266 g/mol. The lowest BCUT2D eigenvalue weighted by molar-refractivity contribution is -0.132. The molecule has 1 atom stereocenters. The van der Waals surface area contributed by atoms with Gasteiger partial charge in [-0.2, -0.15) is 4.98 Å². The molecule has 104 valence electrons. The van der Waals surface area contributed by atoms with Gasteiger partial charge in [0.15, 0.2) is 0 Å². The smallest absolute Gasteiger partial charge is 0.240 e. The quantitative estimate of drug-likeness (QED) is 0.794. The number of likely N-dealkylation sites (tertiary alicyclic amines) is 1. The predicted molar refractivity (Wildman–Crippen MR) is 72.3 cm³/mol. The lowest BCUT2D eigenvalue weighted by Crippen LogP contribution is -2.44. The molecule has 0 radical (unpaired) electrons. The first-order chi connectivity index (χ1) is 9.06. The van der Waals surface area contributed by atoms with Gasteiger partial charge in [-0.1, -0.05) is 0 Å². The molecule has 2 rings (SSSR count). The second-order valence-corrected chi connectivity index (χ2v) is 5.36. The molecule has 1 aliphatic heterocycles. The lowest BCUT2D eigenvalue weighted by atomic mass is 10.1. The van der Waals surface area contributed by atoms with Crippen LogP contribution in [-0.4, -0.2) is 45.3 Å². The van der Waals surface area contributed by atoms with Crippen LogP contribution in [0, 0.1) is 6.92 Å². The number of nitrogens with zero attached hydrogens (tertiary/aromatic N) is 3. The van der Waals surface area contributed by atoms with E-state index in [1.165, 1.54) is 0 Å². The molecule has 0 N–H and O–H groups in total. The number of aryl methyl sites for hydroxylation is 1. The highest BCUT2D eigenvalue weighted by Gasteiger charge is 2.26. The number of carbonyl (C=O) groups is 1. The topological polar surface area (TPSA) is 55.3 Å². The van der Waals surface area contributed by atoms with Crippen LogP contribution < -0.4 is 4.74 Å². The van der Waals surface area contributed by atoms with Crippen molar-refractivity contribution in [2.24, 2.45) is 0 Å². The number of alkyl halides is 1. The Kier molecular flexibility index (Phi) is 4.58. The Morgan fingerprint density at radius 2 is 2.21 bits per heavy atom. The van der Waals surface area contributed by atoms with Crippen LogP contribution in [0.1, 0.15) is 25.6 Å². The van der Waals surface area contributed by atoms with Crippen LogP contribution in [-0.2, 0) is 4.79 Å². The third kappa shape index (κ3) is 3.80. The predicted octanol–water partition coefficient (Wildman–Crippen LogP) is 1.78. The highest BCUT2D eigenvalue weighted by Crippen LogP contribution is 2.18. The van der Waals surface area contributed by atoms with Crippen LogP contribution in [0.5, 0.6) is 5.88 Å². The van der Waals surface area contributed by atoms with E-state index in [4.69, 9.17) is 16.3 Å².